The summed E-state index contributed by atoms with van der Waals surface area (Å²) in [7, 11) is 0. The van der Waals surface area contributed by atoms with E-state index in [2.05, 4.69) is 16.1 Å². The third-order valence-electron chi connectivity index (χ3n) is 9.97. The number of amides is 3. The molecule has 1 saturated heterocycles. The van der Waals surface area contributed by atoms with E-state index in [1.54, 1.807) is 65.0 Å². The Balaban J connectivity index is 2.04. The number of rotatable bonds is 10. The molecule has 1 fully saturated rings. The number of carbonyl (C=O) groups excluding carboxylic acids is 6. The maximum absolute atomic E-state index is 14.3. The number of phenols is 1. The molecule has 3 rings (SSSR count). The Bertz CT molecular complexity index is 1680. The topological polar surface area (TPSA) is 201 Å². The summed E-state index contributed by atoms with van der Waals surface area (Å²) in [6, 6.07) is 3.10. The second-order valence-electron chi connectivity index (χ2n) is 15.1. The van der Waals surface area contributed by atoms with Gasteiger partial charge in [-0.2, -0.15) is 0 Å². The Morgan fingerprint density at radius 3 is 2.44 bits per heavy atom. The van der Waals surface area contributed by atoms with Crippen LogP contribution < -0.4 is 16.1 Å². The number of hydrogen-bond acceptors (Lipinski definition) is 11. The number of carbonyl (C=O) groups is 6. The van der Waals surface area contributed by atoms with E-state index in [-0.39, 0.29) is 50.4 Å². The molecular weight excluding hydrogens is 732 g/mol. The van der Waals surface area contributed by atoms with Gasteiger partial charge in [-0.15, -0.1) is 0 Å². The molecule has 0 radical (unpaired) electrons. The second kappa shape index (κ2) is 23.2. The van der Waals surface area contributed by atoms with Crippen LogP contribution in [-0.4, -0.2) is 94.2 Å². The Morgan fingerprint density at radius 2 is 1.77 bits per heavy atom. The fraction of sp³-hybridized carbons (Fsp3) is 0.535. The Hall–Kier alpha value is -5.08. The predicted octanol–water partition coefficient (Wildman–Crippen LogP) is 3.92. The van der Waals surface area contributed by atoms with Gasteiger partial charge in [0.2, 0.25) is 11.8 Å². The Labute approximate surface area is 335 Å². The molecule has 0 saturated carbocycles. The number of fused-ring (bicyclic) bond motifs is 2. The minimum atomic E-state index is -1.18. The van der Waals surface area contributed by atoms with Crippen LogP contribution in [-0.2, 0) is 44.7 Å². The number of nitrogens with one attached hydrogen (secondary N) is 3. The molecule has 2 aliphatic rings. The van der Waals surface area contributed by atoms with Crippen molar-refractivity contribution in [1.82, 2.24) is 21.1 Å². The Morgan fingerprint density at radius 1 is 1.05 bits per heavy atom. The van der Waals surface area contributed by atoms with Crippen molar-refractivity contribution in [3.05, 3.63) is 77.9 Å². The lowest BCUT2D eigenvalue weighted by molar-refractivity contribution is -0.156. The highest BCUT2D eigenvalue weighted by Crippen LogP contribution is 2.24. The van der Waals surface area contributed by atoms with E-state index < -0.39 is 77.7 Å². The van der Waals surface area contributed by atoms with Crippen molar-refractivity contribution in [1.29, 1.82) is 0 Å². The van der Waals surface area contributed by atoms with Gasteiger partial charge in [0.25, 0.3) is 5.91 Å². The number of phenolic OH excluding ortho intramolecular Hbond substituents is 1. The summed E-state index contributed by atoms with van der Waals surface area (Å²) >= 11 is 0. The van der Waals surface area contributed by atoms with Crippen molar-refractivity contribution in [2.45, 2.75) is 117 Å². The fourth-order valence-corrected chi connectivity index (χ4v) is 6.61. The third-order valence-corrected chi connectivity index (χ3v) is 9.97. The highest BCUT2D eigenvalue weighted by molar-refractivity contribution is 5.93. The van der Waals surface area contributed by atoms with Crippen LogP contribution in [0, 0.1) is 17.8 Å². The average molecular weight is 793 g/mol. The molecule has 2 heterocycles. The second-order valence-corrected chi connectivity index (χ2v) is 15.1. The van der Waals surface area contributed by atoms with Crippen LogP contribution >= 0.6 is 0 Å². The summed E-state index contributed by atoms with van der Waals surface area (Å²) in [6.07, 6.45) is 11.4. The van der Waals surface area contributed by atoms with E-state index in [1.807, 2.05) is 12.2 Å². The number of allylic oxidation sites excluding steroid dienone is 5. The van der Waals surface area contributed by atoms with E-state index in [0.717, 1.165) is 0 Å². The minimum Gasteiger partial charge on any atom is -0.508 e. The smallest absolute Gasteiger partial charge is 0.330 e. The largest absolute Gasteiger partial charge is 0.508 e. The number of aliphatic hydroxyl groups is 1. The highest BCUT2D eigenvalue weighted by Gasteiger charge is 2.37. The first-order chi connectivity index (χ1) is 27.1. The molecule has 1 aromatic carbocycles. The number of cyclic esters (lactones) is 1. The number of Topliss-reactive ketones (excluding diaryl/α,β-unsaturated/α-hetero) is 1. The third kappa shape index (κ3) is 15.1. The van der Waals surface area contributed by atoms with Crippen LogP contribution in [0.2, 0.25) is 0 Å². The lowest BCUT2D eigenvalue weighted by Gasteiger charge is -2.36. The van der Waals surface area contributed by atoms with Gasteiger partial charge in [0.15, 0.2) is 0 Å². The van der Waals surface area contributed by atoms with Crippen LogP contribution in [0.3, 0.4) is 0 Å². The van der Waals surface area contributed by atoms with E-state index in [1.165, 1.54) is 36.2 Å². The summed E-state index contributed by atoms with van der Waals surface area (Å²) in [5.74, 6) is -4.89. The summed E-state index contributed by atoms with van der Waals surface area (Å²) in [5.41, 5.74) is 4.21. The van der Waals surface area contributed by atoms with Crippen molar-refractivity contribution in [3.8, 4) is 5.75 Å². The first-order valence-electron chi connectivity index (χ1n) is 19.8. The van der Waals surface area contributed by atoms with E-state index >= 15 is 0 Å². The molecule has 5 N–H and O–H groups in total. The highest BCUT2D eigenvalue weighted by atomic mass is 16.5. The minimum absolute atomic E-state index is 0.0201. The molecular formula is C43H60N4O10. The molecule has 2 bridgehead atoms. The van der Waals surface area contributed by atoms with Gasteiger partial charge in [-0.1, -0.05) is 69.4 Å². The molecule has 0 spiro atoms. The van der Waals surface area contributed by atoms with Gasteiger partial charge in [-0.3, -0.25) is 24.2 Å². The number of nitrogens with zero attached hydrogens (tertiary/aromatic N) is 1. The van der Waals surface area contributed by atoms with Gasteiger partial charge < -0.3 is 35.1 Å². The Kier molecular flexibility index (Phi) is 18.9. The van der Waals surface area contributed by atoms with Crippen molar-refractivity contribution < 1.29 is 48.5 Å². The zero-order valence-electron chi connectivity index (χ0n) is 33.9. The molecule has 0 aromatic heterocycles. The molecule has 1 aromatic rings. The quantitative estimate of drug-likeness (QED) is 0.131. The normalized spacial score (nSPS) is 27.4. The van der Waals surface area contributed by atoms with Crippen molar-refractivity contribution in [3.63, 3.8) is 0 Å². The van der Waals surface area contributed by atoms with Gasteiger partial charge in [-0.05, 0) is 81.6 Å². The molecule has 312 valence electrons. The first kappa shape index (κ1) is 46.3. The lowest BCUT2D eigenvalue weighted by atomic mass is 9.85. The monoisotopic (exact) mass is 792 g/mol. The van der Waals surface area contributed by atoms with E-state index in [4.69, 9.17) is 9.47 Å². The van der Waals surface area contributed by atoms with Gasteiger partial charge in [-0.25, -0.2) is 10.2 Å². The molecule has 0 aliphatic carbocycles. The number of aliphatic hydroxyl groups excluding tert-OH is 1. The van der Waals surface area contributed by atoms with Crippen LogP contribution in [0.15, 0.2) is 72.4 Å². The number of hydrazine groups is 1. The average Bonchev–Trinajstić information content (AvgIpc) is 3.16. The van der Waals surface area contributed by atoms with E-state index in [0.29, 0.717) is 30.4 Å². The van der Waals surface area contributed by atoms with Gasteiger partial charge >= 0.3 is 11.9 Å². The summed E-state index contributed by atoms with van der Waals surface area (Å²) in [6.45, 7) is 10.6. The number of esters is 2. The summed E-state index contributed by atoms with van der Waals surface area (Å²) in [5, 5.41) is 28.5. The van der Waals surface area contributed by atoms with Crippen LogP contribution in [0.25, 0.3) is 0 Å². The molecule has 14 nitrogen and oxygen atoms in total. The van der Waals surface area contributed by atoms with Crippen LogP contribution in [0.1, 0.15) is 85.6 Å². The summed E-state index contributed by atoms with van der Waals surface area (Å²) in [4.78, 5) is 79.7. The number of hydrogen-bond donors (Lipinski definition) is 5. The van der Waals surface area contributed by atoms with Gasteiger partial charge in [0, 0.05) is 31.9 Å². The standard InChI is InChI=1S/C43H60N4O10/c1-7-56-37(50)21-12-16-28(4)36-20-11-9-8-10-15-29(5)39(51)33(23-22-30(6)48)40(52)45-38(27(2)3)41(53)44-35(26-31-17-13-18-32(49)25-31)42(54)47-24-14-19-34(46-47)43(55)57-36/h8-13,16-18,21,25,27,29,33-36,38-39,46,49,51H,7,14-15,19-20,22-24,26H2,1-6H3,(H,44,53)(H,45,52)/b10-8+,11-9+,21-12+,28-16+/t29-,33+,34?,35?,36-,38-,39+/m0/s1. The number of ketones is 1. The molecule has 3 amide bonds. The predicted molar refractivity (Wildman–Crippen MR) is 214 cm³/mol. The molecule has 2 aliphatic heterocycles. The van der Waals surface area contributed by atoms with Crippen molar-refractivity contribution >= 4 is 35.4 Å². The SMILES string of the molecule is CCOC(=O)/C=C/C=C(\C)[C@@H]1C/C=C/C=C/C[C@H](C)[C@@H](O)[C@@H](CCC(C)=O)C(=O)N[C@@H](C(C)C)C(=O)NC(Cc2cccc(O)c2)C(=O)N2CCCC(N2)C(=O)O1. The first-order valence-corrected chi connectivity index (χ1v) is 19.8. The number of benzene rings is 1. The zero-order valence-corrected chi connectivity index (χ0v) is 33.9. The molecule has 7 atom stereocenters. The lowest BCUT2D eigenvalue weighted by Crippen LogP contribution is -2.62. The molecule has 14 heteroatoms. The maximum Gasteiger partial charge on any atom is 0.330 e. The maximum atomic E-state index is 14.3. The number of ether oxygens (including phenoxy) is 2. The molecule has 57 heavy (non-hydrogen) atoms. The van der Waals surface area contributed by atoms with Gasteiger partial charge in [0.05, 0.1) is 18.6 Å². The fourth-order valence-electron chi connectivity index (χ4n) is 6.61. The van der Waals surface area contributed by atoms with Crippen LogP contribution in [0.5, 0.6) is 5.75 Å². The number of aromatic hydroxyl groups is 1. The molecule has 2 unspecified atom stereocenters. The van der Waals surface area contributed by atoms with Gasteiger partial charge in [0.1, 0.15) is 35.8 Å². The van der Waals surface area contributed by atoms with Crippen LogP contribution in [0.4, 0.5) is 0 Å². The summed E-state index contributed by atoms with van der Waals surface area (Å²) < 4.78 is 11.0. The van der Waals surface area contributed by atoms with Crippen molar-refractivity contribution in [2.24, 2.45) is 17.8 Å². The van der Waals surface area contributed by atoms with Crippen molar-refractivity contribution in [2.75, 3.05) is 13.2 Å². The zero-order chi connectivity index (χ0) is 42.1. The van der Waals surface area contributed by atoms with E-state index in [9.17, 15) is 39.0 Å².